The SMILES string of the molecule is CCCS(=O)(=O)c1nc(N[C@@H]2C[C@H]2c2ccc(F)cc2)c2nnn([C@@H]3C[C@H](CO)[C@H]4OC(C)(C)O[C@H]43)c2n1. The molecule has 3 heterocycles. The summed E-state index contributed by atoms with van der Waals surface area (Å²) in [6.07, 6.45) is 0.988. The molecule has 38 heavy (non-hydrogen) atoms. The number of aromatic nitrogens is 5. The predicted molar refractivity (Wildman–Crippen MR) is 135 cm³/mol. The molecule has 0 bridgehead atoms. The summed E-state index contributed by atoms with van der Waals surface area (Å²) in [5.41, 5.74) is 1.63. The maximum absolute atomic E-state index is 13.4. The summed E-state index contributed by atoms with van der Waals surface area (Å²) < 4.78 is 53.3. The number of anilines is 1. The number of ether oxygens (including phenoxy) is 2. The van der Waals surface area contributed by atoms with E-state index in [4.69, 9.17) is 9.47 Å². The molecule has 0 radical (unpaired) electrons. The fraction of sp³-hybridized carbons (Fsp3) is 0.600. The number of sulfone groups is 1. The van der Waals surface area contributed by atoms with Crippen molar-refractivity contribution in [3.8, 4) is 0 Å². The van der Waals surface area contributed by atoms with Gasteiger partial charge in [0, 0.05) is 24.5 Å². The minimum Gasteiger partial charge on any atom is -0.396 e. The lowest BCUT2D eigenvalue weighted by Gasteiger charge is -2.23. The second-order valence-corrected chi connectivity index (χ2v) is 12.8. The molecule has 0 spiro atoms. The molecule has 0 amide bonds. The first-order chi connectivity index (χ1) is 18.1. The van der Waals surface area contributed by atoms with Crippen molar-refractivity contribution in [2.24, 2.45) is 5.92 Å². The Bertz CT molecular complexity index is 1460. The number of hydrogen-bond acceptors (Lipinski definition) is 10. The molecule has 2 aromatic heterocycles. The second kappa shape index (κ2) is 9.18. The first-order valence-electron chi connectivity index (χ1n) is 12.9. The fourth-order valence-corrected chi connectivity index (χ4v) is 6.89. The van der Waals surface area contributed by atoms with Crippen LogP contribution in [0, 0.1) is 11.7 Å². The highest BCUT2D eigenvalue weighted by atomic mass is 32.2. The first kappa shape index (κ1) is 25.5. The molecule has 11 nitrogen and oxygen atoms in total. The molecule has 6 rings (SSSR count). The molecule has 1 aliphatic heterocycles. The monoisotopic (exact) mass is 546 g/mol. The van der Waals surface area contributed by atoms with E-state index in [2.05, 4.69) is 25.6 Å². The van der Waals surface area contributed by atoms with Crippen LogP contribution in [0.2, 0.25) is 0 Å². The van der Waals surface area contributed by atoms with Gasteiger partial charge in [0.2, 0.25) is 9.84 Å². The molecule has 2 saturated carbocycles. The summed E-state index contributed by atoms with van der Waals surface area (Å²) in [4.78, 5) is 8.84. The number of halogens is 1. The van der Waals surface area contributed by atoms with Gasteiger partial charge in [0.15, 0.2) is 22.8 Å². The maximum atomic E-state index is 13.4. The lowest BCUT2D eigenvalue weighted by molar-refractivity contribution is -0.162. The third-order valence-electron chi connectivity index (χ3n) is 7.57. The van der Waals surface area contributed by atoms with Crippen molar-refractivity contribution >= 4 is 26.8 Å². The number of nitrogens with one attached hydrogen (secondary N) is 1. The molecule has 2 aliphatic carbocycles. The largest absolute Gasteiger partial charge is 0.396 e. The normalized spacial score (nSPS) is 30.0. The third kappa shape index (κ3) is 4.44. The average molecular weight is 547 g/mol. The summed E-state index contributed by atoms with van der Waals surface area (Å²) >= 11 is 0. The van der Waals surface area contributed by atoms with E-state index in [1.165, 1.54) is 12.1 Å². The Morgan fingerprint density at radius 2 is 1.89 bits per heavy atom. The van der Waals surface area contributed by atoms with E-state index in [1.807, 2.05) is 13.8 Å². The molecular formula is C25H31FN6O5S. The molecule has 0 unspecified atom stereocenters. The van der Waals surface area contributed by atoms with Gasteiger partial charge in [-0.25, -0.2) is 17.5 Å². The van der Waals surface area contributed by atoms with Crippen LogP contribution < -0.4 is 5.32 Å². The summed E-state index contributed by atoms with van der Waals surface area (Å²) in [5.74, 6) is -0.946. The molecule has 204 valence electrons. The Hall–Kier alpha value is -2.74. The highest BCUT2D eigenvalue weighted by Gasteiger charge is 2.55. The van der Waals surface area contributed by atoms with Gasteiger partial charge in [-0.05, 0) is 50.8 Å². The van der Waals surface area contributed by atoms with Crippen LogP contribution in [0.1, 0.15) is 57.6 Å². The van der Waals surface area contributed by atoms with Crippen molar-refractivity contribution in [1.82, 2.24) is 25.0 Å². The Balaban J connectivity index is 1.38. The minimum atomic E-state index is -3.75. The Morgan fingerprint density at radius 3 is 2.61 bits per heavy atom. The Labute approximate surface area is 219 Å². The van der Waals surface area contributed by atoms with E-state index >= 15 is 0 Å². The van der Waals surface area contributed by atoms with E-state index in [1.54, 1.807) is 23.7 Å². The summed E-state index contributed by atoms with van der Waals surface area (Å²) in [6, 6.07) is 5.99. The predicted octanol–water partition coefficient (Wildman–Crippen LogP) is 2.59. The van der Waals surface area contributed by atoms with E-state index in [-0.39, 0.29) is 59.0 Å². The fourth-order valence-electron chi connectivity index (χ4n) is 5.72. The van der Waals surface area contributed by atoms with E-state index in [0.29, 0.717) is 24.2 Å². The second-order valence-electron chi connectivity index (χ2n) is 10.8. The summed E-state index contributed by atoms with van der Waals surface area (Å²) in [7, 11) is -3.75. The molecule has 3 aliphatic rings. The van der Waals surface area contributed by atoms with Crippen LogP contribution in [0.3, 0.4) is 0 Å². The maximum Gasteiger partial charge on any atom is 0.251 e. The lowest BCUT2D eigenvalue weighted by Crippen LogP contribution is -2.28. The van der Waals surface area contributed by atoms with Crippen LogP contribution in [0.4, 0.5) is 10.2 Å². The van der Waals surface area contributed by atoms with Crippen molar-refractivity contribution in [2.75, 3.05) is 17.7 Å². The van der Waals surface area contributed by atoms with Gasteiger partial charge in [0.25, 0.3) is 5.16 Å². The van der Waals surface area contributed by atoms with Crippen LogP contribution >= 0.6 is 0 Å². The summed E-state index contributed by atoms with van der Waals surface area (Å²) in [5, 5.41) is 21.8. The standard InChI is InChI=1S/C25H31FN6O5S/c1-4-9-38(34,35)24-28-22(27-17-11-16(17)13-5-7-15(26)8-6-13)19-23(29-24)32(31-30-19)18-10-14(12-33)20-21(18)37-25(2,3)36-20/h5-8,14,16-18,20-21,33H,4,9-12H2,1-3H3,(H,27,28,29)/t14-,16+,17-,18-,20-,21+/m1/s1. The van der Waals surface area contributed by atoms with Gasteiger partial charge in [-0.1, -0.05) is 24.3 Å². The number of nitrogens with zero attached hydrogens (tertiary/aromatic N) is 5. The number of hydrogen-bond donors (Lipinski definition) is 2. The third-order valence-corrected chi connectivity index (χ3v) is 9.25. The number of aliphatic hydroxyl groups excluding tert-OH is 1. The Kier molecular flexibility index (Phi) is 6.17. The van der Waals surface area contributed by atoms with Crippen LogP contribution in [-0.4, -0.2) is 74.9 Å². The van der Waals surface area contributed by atoms with Crippen molar-refractivity contribution in [2.45, 2.75) is 81.2 Å². The van der Waals surface area contributed by atoms with Crippen LogP contribution in [0.5, 0.6) is 0 Å². The average Bonchev–Trinajstić information content (AvgIpc) is 3.19. The number of rotatable bonds is 8. The summed E-state index contributed by atoms with van der Waals surface area (Å²) in [6.45, 7) is 5.35. The molecule has 3 fully saturated rings. The number of benzene rings is 1. The van der Waals surface area contributed by atoms with Crippen molar-refractivity contribution in [3.05, 3.63) is 35.6 Å². The van der Waals surface area contributed by atoms with Crippen molar-refractivity contribution in [1.29, 1.82) is 0 Å². The Morgan fingerprint density at radius 1 is 1.16 bits per heavy atom. The van der Waals surface area contributed by atoms with E-state index in [9.17, 15) is 17.9 Å². The first-order valence-corrected chi connectivity index (χ1v) is 14.6. The van der Waals surface area contributed by atoms with Gasteiger partial charge in [-0.15, -0.1) is 5.10 Å². The van der Waals surface area contributed by atoms with E-state index < -0.39 is 21.7 Å². The minimum absolute atomic E-state index is 0.0209. The van der Waals surface area contributed by atoms with Gasteiger partial charge >= 0.3 is 0 Å². The molecule has 6 atom stereocenters. The van der Waals surface area contributed by atoms with Gasteiger partial charge in [-0.2, -0.15) is 9.97 Å². The van der Waals surface area contributed by atoms with Crippen molar-refractivity contribution in [3.63, 3.8) is 0 Å². The van der Waals surface area contributed by atoms with Gasteiger partial charge in [0.1, 0.15) is 11.9 Å². The molecule has 13 heteroatoms. The van der Waals surface area contributed by atoms with Crippen LogP contribution in [0.25, 0.3) is 11.2 Å². The molecule has 3 aromatic rings. The zero-order valence-electron chi connectivity index (χ0n) is 21.4. The zero-order chi connectivity index (χ0) is 26.8. The quantitative estimate of drug-likeness (QED) is 0.405. The number of aliphatic hydroxyl groups is 1. The molecular weight excluding hydrogens is 515 g/mol. The van der Waals surface area contributed by atoms with Gasteiger partial charge < -0.3 is 19.9 Å². The molecule has 2 N–H and O–H groups in total. The lowest BCUT2D eigenvalue weighted by atomic mass is 10.1. The van der Waals surface area contributed by atoms with Crippen LogP contribution in [-0.2, 0) is 19.3 Å². The van der Waals surface area contributed by atoms with Gasteiger partial charge in [0.05, 0.1) is 17.9 Å². The molecule has 1 aromatic carbocycles. The highest BCUT2D eigenvalue weighted by Crippen LogP contribution is 2.47. The zero-order valence-corrected chi connectivity index (χ0v) is 22.2. The van der Waals surface area contributed by atoms with Gasteiger partial charge in [-0.3, -0.25) is 0 Å². The highest BCUT2D eigenvalue weighted by molar-refractivity contribution is 7.91. The number of fused-ring (bicyclic) bond motifs is 2. The molecule has 1 saturated heterocycles. The van der Waals surface area contributed by atoms with E-state index in [0.717, 1.165) is 12.0 Å². The van der Waals surface area contributed by atoms with Crippen LogP contribution in [0.15, 0.2) is 29.4 Å². The smallest absolute Gasteiger partial charge is 0.251 e. The topological polar surface area (TPSA) is 141 Å². The van der Waals surface area contributed by atoms with Crippen molar-refractivity contribution < 1.29 is 27.4 Å².